The van der Waals surface area contributed by atoms with E-state index in [2.05, 4.69) is 0 Å². The van der Waals surface area contributed by atoms with Gasteiger partial charge in [0.1, 0.15) is 17.1 Å². The third-order valence-electron chi connectivity index (χ3n) is 5.65. The van der Waals surface area contributed by atoms with E-state index in [1.165, 1.54) is 11.0 Å². The van der Waals surface area contributed by atoms with Crippen molar-refractivity contribution in [2.45, 2.75) is 41.2 Å². The molecule has 3 rings (SSSR count). The highest BCUT2D eigenvalue weighted by atomic mass is 16.6. The number of fused-ring (bicyclic) bond motifs is 2. The number of rotatable bonds is 7. The van der Waals surface area contributed by atoms with Crippen molar-refractivity contribution < 1.29 is 38.8 Å². The lowest BCUT2D eigenvalue weighted by molar-refractivity contribution is 0.0727. The minimum atomic E-state index is -0.830. The number of hydrogen-bond acceptors (Lipinski definition) is 8. The average molecular weight is 457 g/mol. The van der Waals surface area contributed by atoms with Gasteiger partial charge in [-0.3, -0.25) is 9.59 Å². The summed E-state index contributed by atoms with van der Waals surface area (Å²) in [5.41, 5.74) is 0.344. The second-order valence-electron chi connectivity index (χ2n) is 7.54. The third-order valence-corrected chi connectivity index (χ3v) is 5.65. The summed E-state index contributed by atoms with van der Waals surface area (Å²) in [4.78, 5) is 39.5. The third kappa shape index (κ3) is 4.00. The number of aldehydes is 1. The van der Waals surface area contributed by atoms with Crippen LogP contribution in [0.5, 0.6) is 28.7 Å². The van der Waals surface area contributed by atoms with Gasteiger partial charge in [0.25, 0.3) is 5.91 Å². The zero-order valence-corrected chi connectivity index (χ0v) is 19.3. The lowest BCUT2D eigenvalue weighted by Crippen LogP contribution is -2.31. The predicted octanol–water partition coefficient (Wildman–Crippen LogP) is 3.87. The van der Waals surface area contributed by atoms with Gasteiger partial charge in [-0.25, -0.2) is 4.79 Å². The molecule has 2 N–H and O–H groups in total. The number of esters is 1. The largest absolute Gasteiger partial charge is 0.507 e. The molecule has 0 unspecified atom stereocenters. The number of hydrogen-bond donors (Lipinski definition) is 2. The average Bonchev–Trinajstić information content (AvgIpc) is 2.91. The number of phenolic OH excluding ortho intramolecular Hbond substituents is 2. The number of aryl methyl sites for hydroxylation is 1. The van der Waals surface area contributed by atoms with Gasteiger partial charge in [-0.05, 0) is 46.2 Å². The van der Waals surface area contributed by atoms with Crippen molar-refractivity contribution in [1.29, 1.82) is 0 Å². The van der Waals surface area contributed by atoms with Crippen LogP contribution in [0.15, 0.2) is 6.07 Å². The fourth-order valence-corrected chi connectivity index (χ4v) is 3.86. The Morgan fingerprint density at radius 3 is 2.33 bits per heavy atom. The van der Waals surface area contributed by atoms with Crippen molar-refractivity contribution in [3.05, 3.63) is 39.4 Å². The van der Waals surface area contributed by atoms with E-state index < -0.39 is 11.9 Å². The van der Waals surface area contributed by atoms with Crippen LogP contribution >= 0.6 is 0 Å². The minimum Gasteiger partial charge on any atom is -0.507 e. The summed E-state index contributed by atoms with van der Waals surface area (Å²) in [7, 11) is 0. The maximum Gasteiger partial charge on any atom is 0.347 e. The maximum absolute atomic E-state index is 13.3. The smallest absolute Gasteiger partial charge is 0.347 e. The molecule has 0 bridgehead atoms. The van der Waals surface area contributed by atoms with Gasteiger partial charge in [0, 0.05) is 25.3 Å². The molecule has 0 atom stereocenters. The molecule has 0 saturated heterocycles. The zero-order chi connectivity index (χ0) is 24.4. The van der Waals surface area contributed by atoms with Crippen molar-refractivity contribution in [3.63, 3.8) is 0 Å². The van der Waals surface area contributed by atoms with E-state index in [1.54, 1.807) is 20.8 Å². The van der Waals surface area contributed by atoms with Crippen molar-refractivity contribution in [3.8, 4) is 28.7 Å². The van der Waals surface area contributed by atoms with Gasteiger partial charge in [0.2, 0.25) is 0 Å². The van der Waals surface area contributed by atoms with Gasteiger partial charge in [0.15, 0.2) is 23.5 Å². The first kappa shape index (κ1) is 24.1. The normalized spacial score (nSPS) is 12.2. The van der Waals surface area contributed by atoms with E-state index in [0.717, 1.165) is 0 Å². The van der Waals surface area contributed by atoms with E-state index >= 15 is 0 Å². The second kappa shape index (κ2) is 9.50. The number of carbonyl (C=O) groups is 3. The lowest BCUT2D eigenvalue weighted by atomic mass is 9.99. The van der Waals surface area contributed by atoms with Crippen LogP contribution in [0.3, 0.4) is 0 Å². The van der Waals surface area contributed by atoms with Crippen LogP contribution in [0.4, 0.5) is 0 Å². The molecule has 2 aromatic carbocycles. The standard InChI is InChI=1S/C24H27NO8/c1-6-25(7-2)23(29)18-13(5)20-22(15(19(18)28)11-31-8-3)33-24(30)17-12(4)9-16(27)14(10-26)21(17)32-20/h9-10,27-28H,6-8,11H2,1-5H3. The summed E-state index contributed by atoms with van der Waals surface area (Å²) >= 11 is 0. The number of aromatic hydroxyl groups is 2. The van der Waals surface area contributed by atoms with Crippen molar-refractivity contribution in [2.24, 2.45) is 0 Å². The van der Waals surface area contributed by atoms with E-state index in [9.17, 15) is 24.6 Å². The van der Waals surface area contributed by atoms with Crippen LogP contribution in [0.25, 0.3) is 0 Å². The Labute approximate surface area is 191 Å². The molecule has 2 aromatic rings. The summed E-state index contributed by atoms with van der Waals surface area (Å²) in [5, 5.41) is 21.3. The summed E-state index contributed by atoms with van der Waals surface area (Å²) in [6.07, 6.45) is 0.380. The molecule has 176 valence electrons. The molecule has 0 spiro atoms. The summed E-state index contributed by atoms with van der Waals surface area (Å²) in [5.74, 6) is -2.29. The topological polar surface area (TPSA) is 123 Å². The molecule has 1 aliphatic heterocycles. The molecule has 1 aliphatic rings. The second-order valence-corrected chi connectivity index (χ2v) is 7.54. The molecule has 1 heterocycles. The Hall–Kier alpha value is -3.59. The highest BCUT2D eigenvalue weighted by molar-refractivity contribution is 6.04. The van der Waals surface area contributed by atoms with Gasteiger partial charge in [-0.2, -0.15) is 0 Å². The van der Waals surface area contributed by atoms with Crippen LogP contribution in [0.2, 0.25) is 0 Å². The van der Waals surface area contributed by atoms with Crippen LogP contribution in [-0.4, -0.2) is 53.0 Å². The maximum atomic E-state index is 13.3. The van der Waals surface area contributed by atoms with Gasteiger partial charge in [-0.15, -0.1) is 0 Å². The lowest BCUT2D eigenvalue weighted by Gasteiger charge is -2.24. The zero-order valence-electron chi connectivity index (χ0n) is 19.3. The van der Waals surface area contributed by atoms with Crippen molar-refractivity contribution in [1.82, 2.24) is 4.90 Å². The van der Waals surface area contributed by atoms with Crippen LogP contribution in [0, 0.1) is 13.8 Å². The van der Waals surface area contributed by atoms with Crippen molar-refractivity contribution >= 4 is 18.2 Å². The molecule has 9 nitrogen and oxygen atoms in total. The van der Waals surface area contributed by atoms with E-state index in [1.807, 2.05) is 13.8 Å². The monoisotopic (exact) mass is 457 g/mol. The first-order chi connectivity index (χ1) is 15.7. The molecule has 0 saturated carbocycles. The van der Waals surface area contributed by atoms with E-state index in [0.29, 0.717) is 31.5 Å². The van der Waals surface area contributed by atoms with Crippen LogP contribution in [0.1, 0.15) is 68.5 Å². The van der Waals surface area contributed by atoms with Crippen LogP contribution < -0.4 is 9.47 Å². The van der Waals surface area contributed by atoms with E-state index in [-0.39, 0.29) is 63.2 Å². The number of amides is 1. The Morgan fingerprint density at radius 1 is 1.09 bits per heavy atom. The molecule has 33 heavy (non-hydrogen) atoms. The molecule has 0 fully saturated rings. The number of ether oxygens (including phenoxy) is 3. The highest BCUT2D eigenvalue weighted by Crippen LogP contribution is 2.50. The summed E-state index contributed by atoms with van der Waals surface area (Å²) in [6.45, 7) is 9.47. The van der Waals surface area contributed by atoms with Gasteiger partial charge in [-0.1, -0.05) is 0 Å². The number of nitrogens with zero attached hydrogens (tertiary/aromatic N) is 1. The van der Waals surface area contributed by atoms with Gasteiger partial charge in [0.05, 0.1) is 23.3 Å². The molecule has 0 radical (unpaired) electrons. The Kier molecular flexibility index (Phi) is 6.92. The number of benzene rings is 2. The quantitative estimate of drug-likeness (QED) is 0.365. The fourth-order valence-electron chi connectivity index (χ4n) is 3.86. The SMILES string of the molecule is CCOCc1c(O)c(C(=O)N(CC)CC)c(C)c2c1OC(=O)c1c(C)cc(O)c(C=O)c1O2. The number of phenols is 2. The Morgan fingerprint density at radius 2 is 1.76 bits per heavy atom. The molecule has 1 amide bonds. The first-order valence-corrected chi connectivity index (χ1v) is 10.7. The molecule has 0 aliphatic carbocycles. The van der Waals surface area contributed by atoms with Gasteiger partial charge < -0.3 is 29.3 Å². The molecule has 0 aromatic heterocycles. The molecular formula is C24H27NO8. The Balaban J connectivity index is 2.37. The van der Waals surface area contributed by atoms with Gasteiger partial charge >= 0.3 is 5.97 Å². The highest BCUT2D eigenvalue weighted by Gasteiger charge is 2.36. The predicted molar refractivity (Wildman–Crippen MR) is 119 cm³/mol. The molecule has 9 heteroatoms. The number of carbonyl (C=O) groups excluding carboxylic acids is 3. The minimum absolute atomic E-state index is 0.0155. The molecular weight excluding hydrogens is 430 g/mol. The van der Waals surface area contributed by atoms with Crippen molar-refractivity contribution in [2.75, 3.05) is 19.7 Å². The van der Waals surface area contributed by atoms with E-state index in [4.69, 9.17) is 14.2 Å². The van der Waals surface area contributed by atoms with Crippen LogP contribution in [-0.2, 0) is 11.3 Å². The summed E-state index contributed by atoms with van der Waals surface area (Å²) < 4.78 is 17.1. The first-order valence-electron chi connectivity index (χ1n) is 10.7. The Bertz CT molecular complexity index is 1130. The summed E-state index contributed by atoms with van der Waals surface area (Å²) in [6, 6.07) is 1.27. The fraction of sp³-hybridized carbons (Fsp3) is 0.375.